The van der Waals surface area contributed by atoms with Crippen LogP contribution in [0, 0.1) is 0 Å². The lowest BCUT2D eigenvalue weighted by molar-refractivity contribution is -0.0933. The van der Waals surface area contributed by atoms with Gasteiger partial charge in [-0.1, -0.05) is 36.4 Å². The number of aliphatic hydroxyl groups excluding tert-OH is 1. The van der Waals surface area contributed by atoms with Gasteiger partial charge in [0.2, 0.25) is 0 Å². The molecule has 1 N–H and O–H groups in total. The van der Waals surface area contributed by atoms with E-state index >= 15 is 0 Å². The number of fused-ring (bicyclic) bond motifs is 1. The number of aromatic nitrogens is 2. The van der Waals surface area contributed by atoms with E-state index in [0.29, 0.717) is 13.0 Å². The quantitative estimate of drug-likeness (QED) is 0.732. The molecule has 0 saturated carbocycles. The highest BCUT2D eigenvalue weighted by Crippen LogP contribution is 2.23. The number of hydrogen-bond acceptors (Lipinski definition) is 3. The number of benzene rings is 2. The van der Waals surface area contributed by atoms with Crippen LogP contribution >= 0.6 is 0 Å². The van der Waals surface area contributed by atoms with Crippen LogP contribution in [0.5, 0.6) is 0 Å². The zero-order valence-corrected chi connectivity index (χ0v) is 11.9. The van der Waals surface area contributed by atoms with Crippen LogP contribution in [0.3, 0.4) is 0 Å². The molecule has 3 aromatic rings. The average molecular weight is 282 g/mol. The number of aliphatic hydroxyl groups is 1. The molecule has 0 aliphatic heterocycles. The lowest BCUT2D eigenvalue weighted by Gasteiger charge is -2.12. The molecule has 4 heteroatoms. The van der Waals surface area contributed by atoms with Crippen molar-refractivity contribution >= 4 is 10.9 Å². The Labute approximate surface area is 123 Å². The molecule has 0 aliphatic rings. The molecule has 1 unspecified atom stereocenters. The van der Waals surface area contributed by atoms with Crippen molar-refractivity contribution in [3.05, 3.63) is 60.3 Å². The topological polar surface area (TPSA) is 47.3 Å². The average Bonchev–Trinajstić information content (AvgIpc) is 2.87. The number of hydrogen-bond donors (Lipinski definition) is 1. The van der Waals surface area contributed by atoms with Crippen LogP contribution in [-0.2, 0) is 11.2 Å². The van der Waals surface area contributed by atoms with Crippen molar-refractivity contribution in [1.29, 1.82) is 0 Å². The van der Waals surface area contributed by atoms with E-state index in [9.17, 15) is 5.11 Å². The minimum absolute atomic E-state index is 0.406. The van der Waals surface area contributed by atoms with Crippen LogP contribution in [-0.4, -0.2) is 27.8 Å². The highest BCUT2D eigenvalue weighted by molar-refractivity contribution is 5.82. The number of para-hydroxylation sites is 1. The van der Waals surface area contributed by atoms with Gasteiger partial charge in [-0.25, -0.2) is 4.68 Å². The van der Waals surface area contributed by atoms with E-state index in [1.807, 2.05) is 66.2 Å². The molecule has 0 saturated heterocycles. The molecular weight excluding hydrogens is 264 g/mol. The smallest absolute Gasteiger partial charge is 0.160 e. The van der Waals surface area contributed by atoms with Gasteiger partial charge in [-0.15, -0.1) is 0 Å². The molecule has 0 aliphatic carbocycles. The van der Waals surface area contributed by atoms with Gasteiger partial charge in [0.25, 0.3) is 0 Å². The summed E-state index contributed by atoms with van der Waals surface area (Å²) in [5.41, 5.74) is 2.85. The molecule has 0 amide bonds. The number of ether oxygens (including phenoxy) is 1. The largest absolute Gasteiger partial charge is 0.368 e. The Bertz CT molecular complexity index is 722. The van der Waals surface area contributed by atoms with Crippen molar-refractivity contribution in [2.75, 3.05) is 6.61 Å². The van der Waals surface area contributed by atoms with Gasteiger partial charge in [-0.05, 0) is 25.1 Å². The fraction of sp³-hybridized carbons (Fsp3) is 0.235. The fourth-order valence-corrected chi connectivity index (χ4v) is 2.48. The summed E-state index contributed by atoms with van der Waals surface area (Å²) in [6.07, 6.45) is -0.416. The third-order valence-electron chi connectivity index (χ3n) is 3.41. The molecule has 1 heterocycles. The number of nitrogens with zero attached hydrogens (tertiary/aromatic N) is 2. The molecule has 3 rings (SSSR count). The standard InChI is InChI=1S/C17H18N2O2/c1-2-21-17(20)12-16-14-10-6-7-11-15(14)18-19(16)13-8-4-3-5-9-13/h3-11,17,20H,2,12H2,1H3. The highest BCUT2D eigenvalue weighted by Gasteiger charge is 2.16. The zero-order valence-electron chi connectivity index (χ0n) is 11.9. The molecule has 1 atom stereocenters. The summed E-state index contributed by atoms with van der Waals surface area (Å²) in [6.45, 7) is 2.36. The van der Waals surface area contributed by atoms with Crippen molar-refractivity contribution in [3.63, 3.8) is 0 Å². The summed E-state index contributed by atoms with van der Waals surface area (Å²) >= 11 is 0. The summed E-state index contributed by atoms with van der Waals surface area (Å²) < 4.78 is 7.15. The maximum atomic E-state index is 9.99. The molecule has 0 bridgehead atoms. The van der Waals surface area contributed by atoms with Crippen molar-refractivity contribution in [2.45, 2.75) is 19.6 Å². The first-order valence-electron chi connectivity index (χ1n) is 7.11. The lowest BCUT2D eigenvalue weighted by Crippen LogP contribution is -2.17. The van der Waals surface area contributed by atoms with Crippen LogP contribution in [0.4, 0.5) is 0 Å². The molecule has 0 spiro atoms. The van der Waals surface area contributed by atoms with Crippen LogP contribution < -0.4 is 0 Å². The van der Waals surface area contributed by atoms with E-state index in [0.717, 1.165) is 22.3 Å². The van der Waals surface area contributed by atoms with Crippen LogP contribution in [0.25, 0.3) is 16.6 Å². The third-order valence-corrected chi connectivity index (χ3v) is 3.41. The number of rotatable bonds is 5. The van der Waals surface area contributed by atoms with Gasteiger partial charge in [-0.3, -0.25) is 0 Å². The highest BCUT2D eigenvalue weighted by atomic mass is 16.6. The first kappa shape index (κ1) is 13.8. The lowest BCUT2D eigenvalue weighted by atomic mass is 10.1. The molecule has 21 heavy (non-hydrogen) atoms. The van der Waals surface area contributed by atoms with Gasteiger partial charge in [-0.2, -0.15) is 5.10 Å². The predicted octanol–water partition coefficient (Wildman–Crippen LogP) is 2.92. The van der Waals surface area contributed by atoms with Crippen LogP contribution in [0.1, 0.15) is 12.6 Å². The van der Waals surface area contributed by atoms with Crippen molar-refractivity contribution in [3.8, 4) is 5.69 Å². The van der Waals surface area contributed by atoms with E-state index in [-0.39, 0.29) is 0 Å². The maximum Gasteiger partial charge on any atom is 0.160 e. The van der Waals surface area contributed by atoms with Gasteiger partial charge in [0, 0.05) is 18.4 Å². The monoisotopic (exact) mass is 282 g/mol. The minimum atomic E-state index is -0.822. The third kappa shape index (κ3) is 2.82. The molecule has 2 aromatic carbocycles. The Kier molecular flexibility index (Phi) is 3.99. The second-order valence-corrected chi connectivity index (χ2v) is 4.83. The fourth-order valence-electron chi connectivity index (χ4n) is 2.48. The maximum absolute atomic E-state index is 9.99. The van der Waals surface area contributed by atoms with Crippen molar-refractivity contribution in [1.82, 2.24) is 9.78 Å². The molecule has 0 fully saturated rings. The van der Waals surface area contributed by atoms with E-state index in [1.165, 1.54) is 0 Å². The Morgan fingerprint density at radius 1 is 1.10 bits per heavy atom. The summed E-state index contributed by atoms with van der Waals surface area (Å²) in [5, 5.41) is 15.7. The van der Waals surface area contributed by atoms with Crippen LogP contribution in [0.15, 0.2) is 54.6 Å². The van der Waals surface area contributed by atoms with Crippen LogP contribution in [0.2, 0.25) is 0 Å². The molecule has 4 nitrogen and oxygen atoms in total. The Balaban J connectivity index is 2.10. The summed E-state index contributed by atoms with van der Waals surface area (Å²) in [7, 11) is 0. The SMILES string of the molecule is CCOC(O)Cc1c2ccccc2nn1-c1ccccc1. The van der Waals surface area contributed by atoms with E-state index in [2.05, 4.69) is 5.10 Å². The van der Waals surface area contributed by atoms with E-state index in [4.69, 9.17) is 4.74 Å². The normalized spacial score (nSPS) is 12.7. The van der Waals surface area contributed by atoms with E-state index < -0.39 is 6.29 Å². The predicted molar refractivity (Wildman–Crippen MR) is 82.4 cm³/mol. The summed E-state index contributed by atoms with van der Waals surface area (Å²) in [4.78, 5) is 0. The van der Waals surface area contributed by atoms with Crippen molar-refractivity contribution < 1.29 is 9.84 Å². The van der Waals surface area contributed by atoms with Gasteiger partial charge in [0.1, 0.15) is 0 Å². The van der Waals surface area contributed by atoms with Gasteiger partial charge >= 0.3 is 0 Å². The minimum Gasteiger partial charge on any atom is -0.368 e. The molecular formula is C17H18N2O2. The Morgan fingerprint density at radius 2 is 1.81 bits per heavy atom. The van der Waals surface area contributed by atoms with Gasteiger partial charge in [0.15, 0.2) is 6.29 Å². The molecule has 1 aromatic heterocycles. The zero-order chi connectivity index (χ0) is 14.7. The Hall–Kier alpha value is -2.17. The van der Waals surface area contributed by atoms with Crippen molar-refractivity contribution in [2.24, 2.45) is 0 Å². The first-order chi connectivity index (χ1) is 10.3. The Morgan fingerprint density at radius 3 is 2.57 bits per heavy atom. The molecule has 0 radical (unpaired) electrons. The molecule has 108 valence electrons. The van der Waals surface area contributed by atoms with Gasteiger partial charge in [0.05, 0.1) is 16.9 Å². The second-order valence-electron chi connectivity index (χ2n) is 4.83. The second kappa shape index (κ2) is 6.08. The summed E-state index contributed by atoms with van der Waals surface area (Å²) in [6, 6.07) is 17.9. The summed E-state index contributed by atoms with van der Waals surface area (Å²) in [5.74, 6) is 0. The first-order valence-corrected chi connectivity index (χ1v) is 7.11. The van der Waals surface area contributed by atoms with Gasteiger partial charge < -0.3 is 9.84 Å². The van der Waals surface area contributed by atoms with E-state index in [1.54, 1.807) is 0 Å².